The van der Waals surface area contributed by atoms with Crippen molar-refractivity contribution in [2.24, 2.45) is 0 Å². The van der Waals surface area contributed by atoms with Gasteiger partial charge in [0, 0.05) is 43.8 Å². The number of aromatic nitrogens is 2. The predicted molar refractivity (Wildman–Crippen MR) is 121 cm³/mol. The van der Waals surface area contributed by atoms with Crippen molar-refractivity contribution in [2.75, 3.05) is 27.2 Å². The molecule has 3 aromatic rings. The van der Waals surface area contributed by atoms with E-state index in [0.717, 1.165) is 16.9 Å². The van der Waals surface area contributed by atoms with Gasteiger partial charge in [-0.15, -0.1) is 0 Å². The van der Waals surface area contributed by atoms with Crippen molar-refractivity contribution in [1.29, 1.82) is 0 Å². The lowest BCUT2D eigenvalue weighted by Crippen LogP contribution is -2.39. The fourth-order valence-corrected chi connectivity index (χ4v) is 5.76. The number of rotatable bonds is 4. The molecular weight excluding hydrogens is 436 g/mol. The van der Waals surface area contributed by atoms with Crippen LogP contribution in [0.15, 0.2) is 47.4 Å². The number of benzene rings is 2. The summed E-state index contributed by atoms with van der Waals surface area (Å²) < 4.78 is 29.6. The molecule has 31 heavy (non-hydrogen) atoms. The Morgan fingerprint density at radius 1 is 1.10 bits per heavy atom. The van der Waals surface area contributed by atoms with E-state index in [4.69, 9.17) is 11.6 Å². The van der Waals surface area contributed by atoms with E-state index in [1.54, 1.807) is 43.3 Å². The molecule has 1 saturated heterocycles. The third-order valence-electron chi connectivity index (χ3n) is 5.76. The number of hydrogen-bond donors (Lipinski definition) is 0. The molecule has 1 aliphatic heterocycles. The first-order valence-electron chi connectivity index (χ1n) is 10.1. The minimum Gasteiger partial charge on any atom is -0.345 e. The predicted octanol–water partition coefficient (Wildman–Crippen LogP) is 3.73. The number of carbonyl (C=O) groups excluding carboxylic acids is 1. The van der Waals surface area contributed by atoms with Gasteiger partial charge in [0.1, 0.15) is 5.82 Å². The molecule has 164 valence electrons. The maximum Gasteiger partial charge on any atom is 0.253 e. The number of halogens is 1. The number of imidazole rings is 1. The highest BCUT2D eigenvalue weighted by Crippen LogP contribution is 2.31. The molecule has 1 aromatic heterocycles. The molecule has 0 spiro atoms. The largest absolute Gasteiger partial charge is 0.345 e. The number of nitrogens with zero attached hydrogens (tertiary/aromatic N) is 4. The van der Waals surface area contributed by atoms with Crippen LogP contribution in [0.1, 0.15) is 35.1 Å². The summed E-state index contributed by atoms with van der Waals surface area (Å²) in [7, 11) is -0.0904. The first-order valence-corrected chi connectivity index (χ1v) is 12.0. The number of amides is 1. The standard InChI is InChI=1S/C22H25ClN4O3S/c1-15-24-20-14-16(22(28)25(2)3)4-9-21(20)27(15)18-10-12-26(13-11-18)31(29,30)19-7-5-17(23)6-8-19/h4-9,14,18H,10-13H2,1-3H3. The van der Waals surface area contributed by atoms with Gasteiger partial charge in [-0.3, -0.25) is 4.79 Å². The fraction of sp³-hybridized carbons (Fsp3) is 0.364. The SMILES string of the molecule is Cc1nc2cc(C(=O)N(C)C)ccc2n1C1CCN(S(=O)(=O)c2ccc(Cl)cc2)CC1. The molecule has 2 aromatic carbocycles. The Balaban J connectivity index is 1.55. The van der Waals surface area contributed by atoms with E-state index in [0.29, 0.717) is 36.5 Å². The van der Waals surface area contributed by atoms with Crippen LogP contribution in [0.3, 0.4) is 0 Å². The molecule has 1 fully saturated rings. The zero-order valence-corrected chi connectivity index (χ0v) is 19.3. The summed E-state index contributed by atoms with van der Waals surface area (Å²) in [5.74, 6) is 0.804. The maximum absolute atomic E-state index is 13.0. The van der Waals surface area contributed by atoms with Gasteiger partial charge in [0.15, 0.2) is 0 Å². The van der Waals surface area contributed by atoms with Crippen molar-refractivity contribution in [2.45, 2.75) is 30.7 Å². The number of sulfonamides is 1. The van der Waals surface area contributed by atoms with Crippen molar-refractivity contribution in [3.63, 3.8) is 0 Å². The van der Waals surface area contributed by atoms with E-state index >= 15 is 0 Å². The first kappa shape index (κ1) is 21.8. The van der Waals surface area contributed by atoms with E-state index in [1.807, 2.05) is 25.1 Å². The van der Waals surface area contributed by atoms with E-state index in [1.165, 1.54) is 4.31 Å². The third-order valence-corrected chi connectivity index (χ3v) is 7.92. The summed E-state index contributed by atoms with van der Waals surface area (Å²) in [5.41, 5.74) is 2.35. The van der Waals surface area contributed by atoms with Crippen LogP contribution in [0.4, 0.5) is 0 Å². The molecule has 0 bridgehead atoms. The van der Waals surface area contributed by atoms with Crippen molar-refractivity contribution in [1.82, 2.24) is 18.8 Å². The summed E-state index contributed by atoms with van der Waals surface area (Å²) in [6.45, 7) is 2.82. The van der Waals surface area contributed by atoms with Gasteiger partial charge >= 0.3 is 0 Å². The zero-order valence-electron chi connectivity index (χ0n) is 17.7. The van der Waals surface area contributed by atoms with Gasteiger partial charge in [0.05, 0.1) is 15.9 Å². The Morgan fingerprint density at radius 3 is 2.35 bits per heavy atom. The van der Waals surface area contributed by atoms with Gasteiger partial charge in [0.2, 0.25) is 10.0 Å². The number of piperidine rings is 1. The lowest BCUT2D eigenvalue weighted by atomic mass is 10.1. The second-order valence-corrected chi connectivity index (χ2v) is 10.4. The number of carbonyl (C=O) groups is 1. The number of hydrogen-bond acceptors (Lipinski definition) is 4. The van der Waals surface area contributed by atoms with Crippen LogP contribution in [0.25, 0.3) is 11.0 Å². The molecule has 0 unspecified atom stereocenters. The molecule has 0 atom stereocenters. The van der Waals surface area contributed by atoms with E-state index in [9.17, 15) is 13.2 Å². The number of aryl methyl sites for hydroxylation is 1. The molecule has 2 heterocycles. The van der Waals surface area contributed by atoms with Crippen molar-refractivity contribution >= 4 is 38.6 Å². The Labute approximate surface area is 187 Å². The maximum atomic E-state index is 13.0. The molecule has 1 amide bonds. The molecule has 9 heteroatoms. The van der Waals surface area contributed by atoms with Gasteiger partial charge in [-0.2, -0.15) is 4.31 Å². The summed E-state index contributed by atoms with van der Waals surface area (Å²) >= 11 is 5.89. The van der Waals surface area contributed by atoms with Crippen molar-refractivity contribution in [3.8, 4) is 0 Å². The summed E-state index contributed by atoms with van der Waals surface area (Å²) in [6, 6.07) is 12.0. The molecule has 0 N–H and O–H groups in total. The highest BCUT2D eigenvalue weighted by Gasteiger charge is 2.31. The molecule has 0 saturated carbocycles. The number of fused-ring (bicyclic) bond motifs is 1. The minimum atomic E-state index is -3.54. The smallest absolute Gasteiger partial charge is 0.253 e. The van der Waals surface area contributed by atoms with Crippen LogP contribution in [0.5, 0.6) is 0 Å². The lowest BCUT2D eigenvalue weighted by Gasteiger charge is -2.32. The van der Waals surface area contributed by atoms with Gasteiger partial charge in [-0.05, 0) is 62.2 Å². The Kier molecular flexibility index (Phi) is 5.81. The van der Waals surface area contributed by atoms with Gasteiger partial charge < -0.3 is 9.47 Å². The summed E-state index contributed by atoms with van der Waals surface area (Å²) in [6.07, 6.45) is 1.38. The molecule has 7 nitrogen and oxygen atoms in total. The monoisotopic (exact) mass is 460 g/mol. The first-order chi connectivity index (χ1) is 14.7. The van der Waals surface area contributed by atoms with Crippen LogP contribution in [0, 0.1) is 6.92 Å². The van der Waals surface area contributed by atoms with E-state index < -0.39 is 10.0 Å². The zero-order chi connectivity index (χ0) is 22.3. The van der Waals surface area contributed by atoms with Gasteiger partial charge in [-0.25, -0.2) is 13.4 Å². The Hall–Kier alpha value is -2.42. The van der Waals surface area contributed by atoms with Crippen LogP contribution in [-0.4, -0.2) is 60.3 Å². The van der Waals surface area contributed by atoms with Gasteiger partial charge in [-0.1, -0.05) is 11.6 Å². The second kappa shape index (κ2) is 8.26. The highest BCUT2D eigenvalue weighted by molar-refractivity contribution is 7.89. The van der Waals surface area contributed by atoms with E-state index in [2.05, 4.69) is 9.55 Å². The van der Waals surface area contributed by atoms with Crippen LogP contribution in [-0.2, 0) is 10.0 Å². The second-order valence-electron chi connectivity index (χ2n) is 8.02. The van der Waals surface area contributed by atoms with E-state index in [-0.39, 0.29) is 16.8 Å². The molecule has 4 rings (SSSR count). The fourth-order valence-electron chi connectivity index (χ4n) is 4.17. The summed E-state index contributed by atoms with van der Waals surface area (Å²) in [4.78, 5) is 18.7. The Morgan fingerprint density at radius 2 is 1.74 bits per heavy atom. The van der Waals surface area contributed by atoms with Gasteiger partial charge in [0.25, 0.3) is 5.91 Å². The molecule has 0 aliphatic carbocycles. The van der Waals surface area contributed by atoms with Crippen LogP contribution >= 0.6 is 11.6 Å². The average molecular weight is 461 g/mol. The van der Waals surface area contributed by atoms with Crippen molar-refractivity contribution in [3.05, 3.63) is 58.9 Å². The van der Waals surface area contributed by atoms with Crippen molar-refractivity contribution < 1.29 is 13.2 Å². The molecule has 1 aliphatic rings. The minimum absolute atomic E-state index is 0.0604. The van der Waals surface area contributed by atoms with Crippen LogP contribution in [0.2, 0.25) is 5.02 Å². The summed E-state index contributed by atoms with van der Waals surface area (Å²) in [5, 5.41) is 0.510. The molecule has 0 radical (unpaired) electrons. The normalized spacial score (nSPS) is 16.0. The lowest BCUT2D eigenvalue weighted by molar-refractivity contribution is 0.0827. The molecular formula is C22H25ClN4O3S. The topological polar surface area (TPSA) is 75.5 Å². The third kappa shape index (κ3) is 4.07. The Bertz CT molecular complexity index is 1230. The average Bonchev–Trinajstić information content (AvgIpc) is 3.08. The quantitative estimate of drug-likeness (QED) is 0.594. The van der Waals surface area contributed by atoms with Crippen LogP contribution < -0.4 is 0 Å². The highest BCUT2D eigenvalue weighted by atomic mass is 35.5.